The third-order valence-electron chi connectivity index (χ3n) is 5.21. The van der Waals surface area contributed by atoms with Crippen molar-refractivity contribution in [3.8, 4) is 5.69 Å². The molecule has 2 aliphatic heterocycles. The van der Waals surface area contributed by atoms with Crippen LogP contribution in [0.5, 0.6) is 0 Å². The fourth-order valence-corrected chi connectivity index (χ4v) is 4.01. The minimum Gasteiger partial charge on any atom is -0.392 e. The van der Waals surface area contributed by atoms with Crippen molar-refractivity contribution in [2.24, 2.45) is 0 Å². The molecule has 2 aromatic rings. The molecule has 2 saturated heterocycles. The molecule has 0 aliphatic carbocycles. The minimum absolute atomic E-state index is 0.146. The molecule has 2 aromatic heterocycles. The summed E-state index contributed by atoms with van der Waals surface area (Å²) in [6.07, 6.45) is 6.55. The Morgan fingerprint density at radius 3 is 2.83 bits per heavy atom. The van der Waals surface area contributed by atoms with Gasteiger partial charge in [-0.15, -0.1) is 0 Å². The van der Waals surface area contributed by atoms with E-state index in [4.69, 9.17) is 0 Å². The smallest absolute Gasteiger partial charge is 0.0682 e. The highest BCUT2D eigenvalue weighted by molar-refractivity contribution is 5.33. The van der Waals surface area contributed by atoms with Crippen LogP contribution in [0.4, 0.5) is 0 Å². The Balaban J connectivity index is 1.52. The summed E-state index contributed by atoms with van der Waals surface area (Å²) in [6.45, 7) is 6.17. The van der Waals surface area contributed by atoms with Crippen LogP contribution >= 0.6 is 0 Å². The van der Waals surface area contributed by atoms with Gasteiger partial charge in [0.1, 0.15) is 0 Å². The average molecular weight is 312 g/mol. The summed E-state index contributed by atoms with van der Waals surface area (Å²) >= 11 is 0. The molecule has 2 fully saturated rings. The summed E-state index contributed by atoms with van der Waals surface area (Å²) in [5.41, 5.74) is 2.46. The van der Waals surface area contributed by atoms with Crippen molar-refractivity contribution >= 4 is 0 Å². The van der Waals surface area contributed by atoms with E-state index in [9.17, 15) is 5.11 Å². The molecule has 3 atom stereocenters. The van der Waals surface area contributed by atoms with Crippen LogP contribution in [0, 0.1) is 0 Å². The predicted molar refractivity (Wildman–Crippen MR) is 89.4 cm³/mol. The molecule has 1 N–H and O–H groups in total. The predicted octanol–water partition coefficient (Wildman–Crippen LogP) is 1.51. The van der Waals surface area contributed by atoms with Crippen LogP contribution < -0.4 is 0 Å². The number of nitrogens with zero attached hydrogens (tertiary/aromatic N) is 4. The first-order valence-corrected chi connectivity index (χ1v) is 8.43. The highest BCUT2D eigenvalue weighted by Gasteiger charge is 2.38. The van der Waals surface area contributed by atoms with Crippen molar-refractivity contribution in [3.05, 3.63) is 48.5 Å². The summed E-state index contributed by atoms with van der Waals surface area (Å²) in [6, 6.07) is 9.40. The molecule has 122 valence electrons. The molecule has 5 heteroatoms. The van der Waals surface area contributed by atoms with Gasteiger partial charge < -0.3 is 9.67 Å². The van der Waals surface area contributed by atoms with Crippen LogP contribution in [0.3, 0.4) is 0 Å². The summed E-state index contributed by atoms with van der Waals surface area (Å²) in [5, 5.41) is 9.91. The van der Waals surface area contributed by atoms with E-state index in [0.29, 0.717) is 12.1 Å². The average Bonchev–Trinajstić information content (AvgIpc) is 3.14. The Bertz CT molecular complexity index is 656. The molecule has 0 amide bonds. The van der Waals surface area contributed by atoms with Crippen molar-refractivity contribution in [3.63, 3.8) is 0 Å². The number of aliphatic hydroxyl groups excluding tert-OH is 1. The quantitative estimate of drug-likeness (QED) is 0.933. The fraction of sp³-hybridized carbons (Fsp3) is 0.500. The second-order valence-electron chi connectivity index (χ2n) is 6.85. The van der Waals surface area contributed by atoms with Crippen LogP contribution in [0.15, 0.2) is 42.9 Å². The Hall–Kier alpha value is -1.69. The number of piperazine rings is 1. The van der Waals surface area contributed by atoms with Gasteiger partial charge in [-0.3, -0.25) is 14.8 Å². The van der Waals surface area contributed by atoms with Gasteiger partial charge in [-0.1, -0.05) is 0 Å². The van der Waals surface area contributed by atoms with Gasteiger partial charge >= 0.3 is 0 Å². The van der Waals surface area contributed by atoms with Gasteiger partial charge in [0, 0.05) is 68.2 Å². The van der Waals surface area contributed by atoms with Gasteiger partial charge in [0.25, 0.3) is 0 Å². The molecule has 2 aliphatic rings. The van der Waals surface area contributed by atoms with Crippen LogP contribution in [0.2, 0.25) is 0 Å². The molecular formula is C18H24N4O. The third-order valence-corrected chi connectivity index (χ3v) is 5.21. The minimum atomic E-state index is -0.146. The zero-order valence-corrected chi connectivity index (χ0v) is 13.5. The summed E-state index contributed by atoms with van der Waals surface area (Å²) < 4.78 is 2.24. The molecule has 0 aromatic carbocycles. The van der Waals surface area contributed by atoms with E-state index in [2.05, 4.69) is 44.6 Å². The number of pyridine rings is 1. The van der Waals surface area contributed by atoms with E-state index in [1.165, 1.54) is 5.69 Å². The second kappa shape index (κ2) is 6.07. The lowest BCUT2D eigenvalue weighted by atomic mass is 10.1. The molecule has 0 spiro atoms. The molecule has 5 nitrogen and oxygen atoms in total. The lowest BCUT2D eigenvalue weighted by Crippen LogP contribution is -2.54. The van der Waals surface area contributed by atoms with Gasteiger partial charge in [0.15, 0.2) is 0 Å². The molecule has 0 bridgehead atoms. The molecule has 4 rings (SSSR count). The van der Waals surface area contributed by atoms with Crippen molar-refractivity contribution in [2.75, 3.05) is 19.6 Å². The Labute approximate surface area is 137 Å². The maximum absolute atomic E-state index is 9.91. The number of aliphatic hydroxyl groups is 1. The van der Waals surface area contributed by atoms with Gasteiger partial charge in [-0.25, -0.2) is 0 Å². The first kappa shape index (κ1) is 14.9. The highest BCUT2D eigenvalue weighted by Crippen LogP contribution is 2.26. The van der Waals surface area contributed by atoms with Crippen LogP contribution in [0.25, 0.3) is 5.69 Å². The number of fused-ring (bicyclic) bond motifs is 1. The van der Waals surface area contributed by atoms with Gasteiger partial charge in [-0.2, -0.15) is 0 Å². The van der Waals surface area contributed by atoms with Gasteiger partial charge in [-0.05, 0) is 37.6 Å². The molecule has 4 heterocycles. The van der Waals surface area contributed by atoms with E-state index in [0.717, 1.165) is 38.3 Å². The van der Waals surface area contributed by atoms with Crippen molar-refractivity contribution in [2.45, 2.75) is 38.1 Å². The largest absolute Gasteiger partial charge is 0.392 e. The molecular weight excluding hydrogens is 288 g/mol. The maximum atomic E-state index is 9.91. The Morgan fingerprint density at radius 1 is 1.17 bits per heavy atom. The molecule has 0 radical (unpaired) electrons. The number of hydrogen-bond donors (Lipinski definition) is 1. The van der Waals surface area contributed by atoms with E-state index >= 15 is 0 Å². The molecule has 23 heavy (non-hydrogen) atoms. The van der Waals surface area contributed by atoms with Crippen molar-refractivity contribution < 1.29 is 5.11 Å². The summed E-state index contributed by atoms with van der Waals surface area (Å²) in [7, 11) is 0. The van der Waals surface area contributed by atoms with Gasteiger partial charge in [0.2, 0.25) is 0 Å². The summed E-state index contributed by atoms with van der Waals surface area (Å²) in [4.78, 5) is 9.10. The fourth-order valence-electron chi connectivity index (χ4n) is 4.01. The maximum Gasteiger partial charge on any atom is 0.0682 e. The lowest BCUT2D eigenvalue weighted by Gasteiger charge is -2.42. The van der Waals surface area contributed by atoms with Crippen LogP contribution in [-0.4, -0.2) is 62.3 Å². The Morgan fingerprint density at radius 2 is 2.00 bits per heavy atom. The normalized spacial score (nSPS) is 28.9. The summed E-state index contributed by atoms with van der Waals surface area (Å²) in [5.74, 6) is 0. The Kier molecular flexibility index (Phi) is 3.93. The van der Waals surface area contributed by atoms with Crippen LogP contribution in [0.1, 0.15) is 19.0 Å². The standard InChI is InChI=1S/C18H24N4O/c1-14-10-21-13-18(23)9-17(21)12-20(14)11-16-3-2-8-22(16)15-4-6-19-7-5-15/h2-8,14,17-18,23H,9-13H2,1H3/t14-,17?,18+/m0/s1. The second-order valence-corrected chi connectivity index (χ2v) is 6.85. The van der Waals surface area contributed by atoms with E-state index in [1.807, 2.05) is 24.5 Å². The zero-order chi connectivity index (χ0) is 15.8. The van der Waals surface area contributed by atoms with Gasteiger partial charge in [0.05, 0.1) is 6.10 Å². The number of hydrogen-bond acceptors (Lipinski definition) is 4. The van der Waals surface area contributed by atoms with E-state index in [-0.39, 0.29) is 6.10 Å². The van der Waals surface area contributed by atoms with E-state index in [1.54, 1.807) is 0 Å². The van der Waals surface area contributed by atoms with Crippen molar-refractivity contribution in [1.82, 2.24) is 19.4 Å². The monoisotopic (exact) mass is 312 g/mol. The third kappa shape index (κ3) is 2.92. The highest BCUT2D eigenvalue weighted by atomic mass is 16.3. The number of aromatic nitrogens is 2. The zero-order valence-electron chi connectivity index (χ0n) is 13.5. The van der Waals surface area contributed by atoms with E-state index < -0.39 is 0 Å². The number of rotatable bonds is 3. The first-order valence-electron chi connectivity index (χ1n) is 8.43. The van der Waals surface area contributed by atoms with Crippen LogP contribution in [-0.2, 0) is 6.54 Å². The topological polar surface area (TPSA) is 44.5 Å². The SMILES string of the molecule is C[C@H]1CN2C[C@H](O)CC2CN1Cc1cccn1-c1ccncc1. The lowest BCUT2D eigenvalue weighted by molar-refractivity contribution is 0.0517. The first-order chi connectivity index (χ1) is 11.2. The molecule has 0 saturated carbocycles. The molecule has 1 unspecified atom stereocenters. The van der Waals surface area contributed by atoms with Crippen molar-refractivity contribution in [1.29, 1.82) is 0 Å².